The van der Waals surface area contributed by atoms with Crippen LogP contribution in [0.3, 0.4) is 0 Å². The molecular weight excluding hydrogens is 373 g/mol. The minimum atomic E-state index is -5.11. The molecule has 3 amide bonds. The van der Waals surface area contributed by atoms with Crippen molar-refractivity contribution in [3.8, 4) is 0 Å². The van der Waals surface area contributed by atoms with Gasteiger partial charge in [-0.1, -0.05) is 30.4 Å². The Morgan fingerprint density at radius 3 is 2.04 bits per heavy atom. The Hall–Kier alpha value is -2.64. The predicted octanol–water partition coefficient (Wildman–Crippen LogP) is 2.59. The smallest absolute Gasteiger partial charge is 0.286 e. The number of anilines is 1. The van der Waals surface area contributed by atoms with Gasteiger partial charge >= 0.3 is 12.1 Å². The molecule has 146 valence electrons. The molecule has 2 saturated carbocycles. The fourth-order valence-corrected chi connectivity index (χ4v) is 5.32. The van der Waals surface area contributed by atoms with Crippen LogP contribution in [0.5, 0.6) is 0 Å². The number of imide groups is 1. The summed E-state index contributed by atoms with van der Waals surface area (Å²) in [6.45, 7) is -0.720. The van der Waals surface area contributed by atoms with Gasteiger partial charge in [-0.2, -0.15) is 13.2 Å². The summed E-state index contributed by atoms with van der Waals surface area (Å²) in [6.07, 6.45) is -0.135. The SMILES string of the molecule is O=C1[C@@H]2[C@H]3C=C[C@@H]([C@@H]4C[C@H]34)[C@@H]2C(=O)N1CN(C(=O)C(F)(F)F)c1ccccc1. The number of benzene rings is 1. The molecule has 6 rings (SSSR count). The van der Waals surface area contributed by atoms with Crippen molar-refractivity contribution < 1.29 is 27.6 Å². The number of halogens is 3. The van der Waals surface area contributed by atoms with E-state index in [1.807, 2.05) is 12.2 Å². The number of amides is 3. The number of hydrogen-bond donors (Lipinski definition) is 0. The zero-order valence-electron chi connectivity index (χ0n) is 14.7. The van der Waals surface area contributed by atoms with Gasteiger partial charge in [-0.3, -0.25) is 24.2 Å². The largest absolute Gasteiger partial charge is 0.471 e. The van der Waals surface area contributed by atoms with Crippen molar-refractivity contribution in [2.24, 2.45) is 35.5 Å². The van der Waals surface area contributed by atoms with E-state index in [0.717, 1.165) is 11.3 Å². The molecule has 5 aliphatic rings. The van der Waals surface area contributed by atoms with Crippen molar-refractivity contribution >= 4 is 23.4 Å². The van der Waals surface area contributed by atoms with E-state index in [-0.39, 0.29) is 17.5 Å². The third kappa shape index (κ3) is 2.36. The molecule has 6 atom stereocenters. The van der Waals surface area contributed by atoms with Crippen LogP contribution in [0.1, 0.15) is 6.42 Å². The van der Waals surface area contributed by atoms with E-state index in [9.17, 15) is 27.6 Å². The van der Waals surface area contributed by atoms with Crippen LogP contribution in [0.25, 0.3) is 0 Å². The lowest BCUT2D eigenvalue weighted by Crippen LogP contribution is -2.49. The minimum Gasteiger partial charge on any atom is -0.286 e. The van der Waals surface area contributed by atoms with E-state index >= 15 is 0 Å². The topological polar surface area (TPSA) is 57.7 Å². The summed E-state index contributed by atoms with van der Waals surface area (Å²) in [6, 6.07) is 7.30. The Labute approximate surface area is 158 Å². The number of rotatable bonds is 3. The lowest BCUT2D eigenvalue weighted by molar-refractivity contribution is -0.171. The normalized spacial score (nSPS) is 35.0. The van der Waals surface area contributed by atoms with Crippen molar-refractivity contribution in [3.05, 3.63) is 42.5 Å². The number of allylic oxidation sites excluding steroid dienone is 2. The summed E-state index contributed by atoms with van der Waals surface area (Å²) in [5.74, 6) is -3.29. The average Bonchev–Trinajstić information content (AvgIpc) is 3.45. The maximum absolute atomic E-state index is 13.2. The Morgan fingerprint density at radius 1 is 1.00 bits per heavy atom. The van der Waals surface area contributed by atoms with E-state index < -0.39 is 42.4 Å². The molecule has 8 heteroatoms. The average molecular weight is 390 g/mol. The van der Waals surface area contributed by atoms with Gasteiger partial charge in [-0.25, -0.2) is 0 Å². The van der Waals surface area contributed by atoms with Crippen molar-refractivity contribution in [3.63, 3.8) is 0 Å². The van der Waals surface area contributed by atoms with E-state index in [2.05, 4.69) is 0 Å². The molecule has 1 aromatic rings. The maximum atomic E-state index is 13.2. The number of para-hydroxylation sites is 1. The highest BCUT2D eigenvalue weighted by atomic mass is 19.4. The second-order valence-electron chi connectivity index (χ2n) is 7.97. The standard InChI is InChI=1S/C20H17F3N2O3/c21-20(22,23)19(28)24(10-4-2-1-3-5-10)9-25-17(26)15-11-6-7-12(14-8-13(11)14)16(15)18(25)27/h1-7,11-16H,8-9H2/t11-,12-,13-,14+,15-,16+/m0/s1. The van der Waals surface area contributed by atoms with Crippen molar-refractivity contribution in [2.75, 3.05) is 11.6 Å². The first-order chi connectivity index (χ1) is 13.3. The van der Waals surface area contributed by atoms with Crippen LogP contribution in [0, 0.1) is 35.5 Å². The van der Waals surface area contributed by atoms with Crippen LogP contribution < -0.4 is 4.90 Å². The lowest BCUT2D eigenvalue weighted by atomic mass is 9.63. The Morgan fingerprint density at radius 2 is 1.54 bits per heavy atom. The molecule has 4 aliphatic carbocycles. The predicted molar refractivity (Wildman–Crippen MR) is 91.4 cm³/mol. The van der Waals surface area contributed by atoms with Gasteiger partial charge in [0.05, 0.1) is 11.8 Å². The zero-order valence-corrected chi connectivity index (χ0v) is 14.7. The Balaban J connectivity index is 1.46. The summed E-state index contributed by atoms with van der Waals surface area (Å²) < 4.78 is 39.5. The number of hydrogen-bond acceptors (Lipinski definition) is 3. The van der Waals surface area contributed by atoms with Gasteiger partial charge in [0, 0.05) is 5.69 Å². The summed E-state index contributed by atoms with van der Waals surface area (Å²) in [5.41, 5.74) is -0.00996. The highest BCUT2D eigenvalue weighted by Crippen LogP contribution is 2.65. The highest BCUT2D eigenvalue weighted by Gasteiger charge is 2.67. The minimum absolute atomic E-state index is 0.00996. The molecule has 0 aromatic heterocycles. The summed E-state index contributed by atoms with van der Waals surface area (Å²) >= 11 is 0. The Bertz CT molecular complexity index is 862. The van der Waals surface area contributed by atoms with E-state index in [0.29, 0.717) is 16.7 Å². The van der Waals surface area contributed by atoms with Crippen molar-refractivity contribution in [1.29, 1.82) is 0 Å². The number of nitrogens with zero attached hydrogens (tertiary/aromatic N) is 2. The van der Waals surface area contributed by atoms with Crippen LogP contribution in [0.4, 0.5) is 18.9 Å². The fraction of sp³-hybridized carbons (Fsp3) is 0.450. The Kier molecular flexibility index (Phi) is 3.54. The van der Waals surface area contributed by atoms with Crippen LogP contribution in [0.15, 0.2) is 42.5 Å². The van der Waals surface area contributed by atoms with E-state index in [1.54, 1.807) is 6.07 Å². The first-order valence-electron chi connectivity index (χ1n) is 9.26. The van der Waals surface area contributed by atoms with Crippen molar-refractivity contribution in [1.82, 2.24) is 4.90 Å². The molecule has 1 saturated heterocycles. The van der Waals surface area contributed by atoms with Gasteiger partial charge in [0.1, 0.15) is 6.67 Å². The molecule has 28 heavy (non-hydrogen) atoms. The molecular formula is C20H17F3N2O3. The third-order valence-corrected chi connectivity index (χ3v) is 6.59. The number of carbonyl (C=O) groups is 3. The molecule has 0 spiro atoms. The number of carbonyl (C=O) groups excluding carboxylic acids is 3. The molecule has 1 aromatic carbocycles. The molecule has 1 heterocycles. The van der Waals surface area contributed by atoms with Crippen LogP contribution in [0.2, 0.25) is 0 Å². The second kappa shape index (κ2) is 5.68. The van der Waals surface area contributed by atoms with Crippen molar-refractivity contribution in [2.45, 2.75) is 12.6 Å². The molecule has 1 aliphatic heterocycles. The summed E-state index contributed by atoms with van der Waals surface area (Å²) in [7, 11) is 0. The number of alkyl halides is 3. The molecule has 3 fully saturated rings. The quantitative estimate of drug-likeness (QED) is 0.589. The molecule has 0 N–H and O–H groups in total. The molecule has 5 nitrogen and oxygen atoms in total. The first kappa shape index (κ1) is 17.5. The van der Waals surface area contributed by atoms with Gasteiger partial charge < -0.3 is 0 Å². The molecule has 0 radical (unpaired) electrons. The highest BCUT2D eigenvalue weighted by molar-refractivity contribution is 6.07. The zero-order chi connectivity index (χ0) is 19.8. The molecule has 0 unspecified atom stereocenters. The summed E-state index contributed by atoms with van der Waals surface area (Å²) in [4.78, 5) is 39.3. The van der Waals surface area contributed by atoms with E-state index in [1.165, 1.54) is 24.3 Å². The van der Waals surface area contributed by atoms with Crippen LogP contribution in [-0.2, 0) is 14.4 Å². The van der Waals surface area contributed by atoms with Gasteiger partial charge in [0.15, 0.2) is 0 Å². The lowest BCUT2D eigenvalue weighted by Gasteiger charge is -2.37. The number of likely N-dealkylation sites (tertiary alicyclic amines) is 1. The van der Waals surface area contributed by atoms with Crippen LogP contribution >= 0.6 is 0 Å². The van der Waals surface area contributed by atoms with Gasteiger partial charge in [-0.15, -0.1) is 0 Å². The maximum Gasteiger partial charge on any atom is 0.471 e. The van der Waals surface area contributed by atoms with E-state index in [4.69, 9.17) is 0 Å². The van der Waals surface area contributed by atoms with Gasteiger partial charge in [-0.05, 0) is 42.2 Å². The van der Waals surface area contributed by atoms with Crippen LogP contribution in [-0.4, -0.2) is 35.5 Å². The third-order valence-electron chi connectivity index (χ3n) is 6.59. The fourth-order valence-electron chi connectivity index (χ4n) is 5.32. The monoisotopic (exact) mass is 390 g/mol. The molecule has 2 bridgehead atoms. The summed E-state index contributed by atoms with van der Waals surface area (Å²) in [5, 5.41) is 0. The van der Waals surface area contributed by atoms with Gasteiger partial charge in [0.2, 0.25) is 11.8 Å². The first-order valence-corrected chi connectivity index (χ1v) is 9.26. The van der Waals surface area contributed by atoms with Gasteiger partial charge in [0.25, 0.3) is 0 Å². The second-order valence-corrected chi connectivity index (χ2v) is 7.97.